The molecule has 176 valence electrons. The van der Waals surface area contributed by atoms with Crippen LogP contribution in [0.3, 0.4) is 0 Å². The number of phenolic OH excluding ortho intramolecular Hbond substituents is 1. The van der Waals surface area contributed by atoms with Gasteiger partial charge in [0.15, 0.2) is 11.7 Å². The lowest BCUT2D eigenvalue weighted by molar-refractivity contribution is -0.321. The van der Waals surface area contributed by atoms with E-state index in [9.17, 15) is 35.4 Å². The fourth-order valence-corrected chi connectivity index (χ4v) is 4.07. The number of aliphatic hydroxyl groups excluding tert-OH is 5. The molecule has 2 aliphatic heterocycles. The van der Waals surface area contributed by atoms with Gasteiger partial charge in [-0.15, -0.1) is 0 Å². The Bertz CT molecular complexity index is 1060. The molecule has 3 heterocycles. The van der Waals surface area contributed by atoms with Crippen molar-refractivity contribution in [1.29, 1.82) is 0 Å². The third kappa shape index (κ3) is 3.75. The van der Waals surface area contributed by atoms with E-state index in [2.05, 4.69) is 0 Å². The van der Waals surface area contributed by atoms with E-state index in [1.807, 2.05) is 0 Å². The summed E-state index contributed by atoms with van der Waals surface area (Å²) in [4.78, 5) is 12.4. The second-order valence-electron chi connectivity index (χ2n) is 8.54. The van der Waals surface area contributed by atoms with Crippen LogP contribution < -0.4 is 10.2 Å². The van der Waals surface area contributed by atoms with Gasteiger partial charge in [-0.05, 0) is 13.8 Å². The van der Waals surface area contributed by atoms with Crippen molar-refractivity contribution < 1.29 is 49.3 Å². The third-order valence-electron chi connectivity index (χ3n) is 5.95. The van der Waals surface area contributed by atoms with Crippen molar-refractivity contribution >= 4 is 11.0 Å². The van der Waals surface area contributed by atoms with Gasteiger partial charge < -0.3 is 49.3 Å². The van der Waals surface area contributed by atoms with Crippen LogP contribution in [0.1, 0.15) is 25.2 Å². The maximum absolute atomic E-state index is 12.4. The molecule has 2 aliphatic rings. The number of fused-ring (bicyclic) bond motifs is 2. The highest BCUT2D eigenvalue weighted by molar-refractivity contribution is 5.87. The molecular formula is C21H26O11. The normalized spacial score (nSPS) is 31.8. The lowest BCUT2D eigenvalue weighted by Crippen LogP contribution is -2.61. The summed E-state index contributed by atoms with van der Waals surface area (Å²) in [5.74, 6) is -0.0544. The van der Waals surface area contributed by atoms with Gasteiger partial charge in [0.25, 0.3) is 0 Å². The zero-order valence-corrected chi connectivity index (χ0v) is 17.5. The molecule has 4 rings (SSSR count). The van der Waals surface area contributed by atoms with Crippen LogP contribution in [0.4, 0.5) is 0 Å². The Morgan fingerprint density at radius 3 is 2.50 bits per heavy atom. The number of hydrogen-bond acceptors (Lipinski definition) is 11. The van der Waals surface area contributed by atoms with Crippen LogP contribution in [0.2, 0.25) is 0 Å². The van der Waals surface area contributed by atoms with Gasteiger partial charge in [-0.25, -0.2) is 0 Å². The maximum atomic E-state index is 12.4. The highest BCUT2D eigenvalue weighted by Crippen LogP contribution is 2.43. The number of phenols is 1. The SMILES string of the molecule is CC1(C)Oc2cc3oc(CO)cc(=O)c3c(O)c2C[C@@H]1O[C@@H]1O[C@H](CO)[C@@H](O)[C@H](O)[C@H]1O. The zero-order chi connectivity index (χ0) is 23.4. The molecule has 11 nitrogen and oxygen atoms in total. The molecule has 1 fully saturated rings. The summed E-state index contributed by atoms with van der Waals surface area (Å²) in [7, 11) is 0. The molecule has 1 aromatic carbocycles. The number of aliphatic hydroxyl groups is 5. The molecule has 0 aliphatic carbocycles. The van der Waals surface area contributed by atoms with Crippen molar-refractivity contribution in [3.63, 3.8) is 0 Å². The number of aromatic hydroxyl groups is 1. The number of ether oxygens (including phenoxy) is 3. The summed E-state index contributed by atoms with van der Waals surface area (Å²) < 4.78 is 22.8. The number of hydrogen-bond donors (Lipinski definition) is 6. The minimum absolute atomic E-state index is 0.0424. The van der Waals surface area contributed by atoms with E-state index in [0.717, 1.165) is 6.07 Å². The summed E-state index contributed by atoms with van der Waals surface area (Å²) in [5, 5.41) is 59.6. The Balaban J connectivity index is 1.68. The first-order chi connectivity index (χ1) is 15.1. The van der Waals surface area contributed by atoms with Crippen LogP contribution >= 0.6 is 0 Å². The van der Waals surface area contributed by atoms with Gasteiger partial charge in [0.05, 0.1) is 6.61 Å². The smallest absolute Gasteiger partial charge is 0.196 e. The number of rotatable bonds is 4. The molecule has 0 spiro atoms. The van der Waals surface area contributed by atoms with Gasteiger partial charge >= 0.3 is 0 Å². The Hall–Kier alpha value is -2.25. The number of benzene rings is 1. The van der Waals surface area contributed by atoms with E-state index in [1.54, 1.807) is 13.8 Å². The fourth-order valence-electron chi connectivity index (χ4n) is 4.07. The van der Waals surface area contributed by atoms with Crippen LogP contribution in [0, 0.1) is 0 Å². The molecule has 2 aromatic rings. The average molecular weight is 454 g/mol. The van der Waals surface area contributed by atoms with E-state index >= 15 is 0 Å². The van der Waals surface area contributed by atoms with Gasteiger partial charge in [-0.2, -0.15) is 0 Å². The summed E-state index contributed by atoms with van der Waals surface area (Å²) in [6.45, 7) is 2.32. The van der Waals surface area contributed by atoms with Crippen molar-refractivity contribution in [1.82, 2.24) is 0 Å². The average Bonchev–Trinajstić information content (AvgIpc) is 2.74. The molecule has 6 N–H and O–H groups in total. The second kappa shape index (κ2) is 8.27. The molecule has 32 heavy (non-hydrogen) atoms. The van der Waals surface area contributed by atoms with Gasteiger partial charge in [-0.3, -0.25) is 4.79 Å². The van der Waals surface area contributed by atoms with E-state index < -0.39 is 61.1 Å². The van der Waals surface area contributed by atoms with Crippen molar-refractivity contribution in [2.24, 2.45) is 0 Å². The largest absolute Gasteiger partial charge is 0.507 e. The van der Waals surface area contributed by atoms with Crippen LogP contribution in [-0.2, 0) is 22.5 Å². The maximum Gasteiger partial charge on any atom is 0.196 e. The Kier molecular flexibility index (Phi) is 5.92. The van der Waals surface area contributed by atoms with Gasteiger partial charge in [0, 0.05) is 24.1 Å². The second-order valence-corrected chi connectivity index (χ2v) is 8.54. The van der Waals surface area contributed by atoms with Crippen molar-refractivity contribution in [3.05, 3.63) is 33.7 Å². The van der Waals surface area contributed by atoms with E-state index in [1.165, 1.54) is 6.07 Å². The van der Waals surface area contributed by atoms with Crippen molar-refractivity contribution in [3.8, 4) is 11.5 Å². The first kappa shape index (κ1) is 22.9. The summed E-state index contributed by atoms with van der Waals surface area (Å²) in [5.41, 5.74) is -1.22. The molecule has 6 atom stereocenters. The Morgan fingerprint density at radius 1 is 1.12 bits per heavy atom. The molecule has 0 amide bonds. The van der Waals surface area contributed by atoms with Gasteiger partial charge in [0.1, 0.15) is 71.0 Å². The predicted molar refractivity (Wildman–Crippen MR) is 107 cm³/mol. The lowest BCUT2D eigenvalue weighted by Gasteiger charge is -2.45. The highest BCUT2D eigenvalue weighted by Gasteiger charge is 2.48. The first-order valence-electron chi connectivity index (χ1n) is 10.1. The minimum atomic E-state index is -1.60. The van der Waals surface area contributed by atoms with E-state index in [4.69, 9.17) is 18.6 Å². The molecule has 0 unspecified atom stereocenters. The lowest BCUT2D eigenvalue weighted by atomic mass is 9.89. The molecule has 0 saturated carbocycles. The van der Waals surface area contributed by atoms with Crippen LogP contribution in [0.5, 0.6) is 11.5 Å². The van der Waals surface area contributed by atoms with Crippen LogP contribution in [-0.4, -0.2) is 79.7 Å². The topological polar surface area (TPSA) is 179 Å². The van der Waals surface area contributed by atoms with E-state index in [0.29, 0.717) is 0 Å². The van der Waals surface area contributed by atoms with Crippen LogP contribution in [0.25, 0.3) is 11.0 Å². The highest BCUT2D eigenvalue weighted by atomic mass is 16.7. The Labute approximate surface area is 182 Å². The quantitative estimate of drug-likeness (QED) is 0.330. The van der Waals surface area contributed by atoms with Gasteiger partial charge in [0.2, 0.25) is 0 Å². The standard InChI is InChI=1S/C21H26O11/c1-21(2)14(31-20-19(28)18(27)17(26)13(7-23)30-20)4-9-11(32-21)5-12-15(16(9)25)10(24)3-8(6-22)29-12/h3,5,13-14,17-20,22-23,25-28H,4,6-7H2,1-2H3/t13-,14+,17-,18+,19-,20+/m1/s1. The van der Waals surface area contributed by atoms with E-state index in [-0.39, 0.29) is 40.2 Å². The third-order valence-corrected chi connectivity index (χ3v) is 5.95. The predicted octanol–water partition coefficient (Wildman–Crippen LogP) is -1.11. The van der Waals surface area contributed by atoms with Crippen molar-refractivity contribution in [2.45, 2.75) is 69.3 Å². The summed E-state index contributed by atoms with van der Waals surface area (Å²) in [6, 6.07) is 2.54. The molecular weight excluding hydrogens is 428 g/mol. The molecule has 0 bridgehead atoms. The molecule has 1 saturated heterocycles. The monoisotopic (exact) mass is 454 g/mol. The molecule has 1 aromatic heterocycles. The van der Waals surface area contributed by atoms with Crippen molar-refractivity contribution in [2.75, 3.05) is 6.61 Å². The molecule has 0 radical (unpaired) electrons. The summed E-state index contributed by atoms with van der Waals surface area (Å²) >= 11 is 0. The molecule has 11 heteroatoms. The zero-order valence-electron chi connectivity index (χ0n) is 17.5. The summed E-state index contributed by atoms with van der Waals surface area (Å²) in [6.07, 6.45) is -8.01. The van der Waals surface area contributed by atoms with Crippen LogP contribution in [0.15, 0.2) is 21.3 Å². The van der Waals surface area contributed by atoms with Gasteiger partial charge in [-0.1, -0.05) is 0 Å². The Morgan fingerprint density at radius 2 is 1.84 bits per heavy atom. The minimum Gasteiger partial charge on any atom is -0.507 e. The first-order valence-corrected chi connectivity index (χ1v) is 10.1. The fraction of sp³-hybridized carbons (Fsp3) is 0.571.